The van der Waals surface area contributed by atoms with Crippen LogP contribution in [0.2, 0.25) is 0 Å². The Kier molecular flexibility index (Phi) is 6.77. The molecule has 32 heavy (non-hydrogen) atoms. The Morgan fingerprint density at radius 3 is 2.22 bits per heavy atom. The molecule has 0 aromatic rings. The van der Waals surface area contributed by atoms with Crippen molar-refractivity contribution in [3.63, 3.8) is 0 Å². The molecule has 0 spiro atoms. The van der Waals surface area contributed by atoms with Crippen molar-refractivity contribution in [2.45, 2.75) is 125 Å². The number of aliphatic hydroxyl groups excluding tert-OH is 1. The van der Waals surface area contributed by atoms with Gasteiger partial charge in [-0.2, -0.15) is 0 Å². The second kappa shape index (κ2) is 8.73. The molecule has 1 nitrogen and oxygen atoms in total. The quantitative estimate of drug-likeness (QED) is 0.408. The molecule has 4 fully saturated rings. The van der Waals surface area contributed by atoms with E-state index in [4.69, 9.17) is 0 Å². The highest BCUT2D eigenvalue weighted by atomic mass is 16.3. The fourth-order valence-electron chi connectivity index (χ4n) is 10.5. The summed E-state index contributed by atoms with van der Waals surface area (Å²) in [7, 11) is 0. The lowest BCUT2D eigenvalue weighted by Gasteiger charge is -2.66. The lowest BCUT2D eigenvalue weighted by atomic mass is 9.39. The smallest absolute Gasteiger partial charge is 0.0568 e. The third-order valence-electron chi connectivity index (χ3n) is 12.9. The Labute approximate surface area is 200 Å². The summed E-state index contributed by atoms with van der Waals surface area (Å²) in [4.78, 5) is 0. The van der Waals surface area contributed by atoms with Crippen LogP contribution in [-0.2, 0) is 0 Å². The van der Waals surface area contributed by atoms with E-state index in [1.807, 2.05) is 0 Å². The van der Waals surface area contributed by atoms with Crippen LogP contribution in [0.25, 0.3) is 0 Å². The first-order chi connectivity index (χ1) is 15.0. The Morgan fingerprint density at radius 1 is 0.906 bits per heavy atom. The lowest BCUT2D eigenvalue weighted by Crippen LogP contribution is -2.59. The summed E-state index contributed by atoms with van der Waals surface area (Å²) in [6.45, 7) is 21.9. The van der Waals surface area contributed by atoms with Crippen LogP contribution in [0.3, 0.4) is 0 Å². The lowest BCUT2D eigenvalue weighted by molar-refractivity contribution is -0.179. The van der Waals surface area contributed by atoms with E-state index in [2.05, 4.69) is 55.0 Å². The van der Waals surface area contributed by atoms with Crippen LogP contribution in [0.5, 0.6) is 0 Å². The Balaban J connectivity index is 1.52. The maximum absolute atomic E-state index is 10.6. The minimum atomic E-state index is -0.0584. The normalized spacial score (nSPS) is 50.1. The van der Waals surface area contributed by atoms with E-state index < -0.39 is 0 Å². The van der Waals surface area contributed by atoms with E-state index in [9.17, 15) is 5.11 Å². The van der Waals surface area contributed by atoms with Crippen molar-refractivity contribution in [1.29, 1.82) is 0 Å². The highest BCUT2D eigenvalue weighted by Gasteiger charge is 2.66. The molecule has 0 saturated heterocycles. The molecular weight excluding hydrogens is 388 g/mol. The minimum absolute atomic E-state index is 0.0584. The highest BCUT2D eigenvalue weighted by molar-refractivity contribution is 5.15. The van der Waals surface area contributed by atoms with Crippen LogP contribution in [0.15, 0.2) is 12.2 Å². The molecule has 0 aromatic heterocycles. The Hall–Kier alpha value is -0.300. The molecule has 4 rings (SSSR count). The molecule has 4 aliphatic carbocycles. The largest absolute Gasteiger partial charge is 0.393 e. The van der Waals surface area contributed by atoms with Gasteiger partial charge in [-0.05, 0) is 135 Å². The number of hydrogen-bond donors (Lipinski definition) is 1. The molecule has 184 valence electrons. The maximum Gasteiger partial charge on any atom is 0.0568 e. The molecule has 4 saturated carbocycles. The second-order valence-electron chi connectivity index (χ2n) is 13.9. The summed E-state index contributed by atoms with van der Waals surface area (Å²) >= 11 is 0. The van der Waals surface area contributed by atoms with Crippen LogP contribution in [0.1, 0.15) is 119 Å². The van der Waals surface area contributed by atoms with Gasteiger partial charge in [0.2, 0.25) is 0 Å². The average Bonchev–Trinajstić information content (AvgIpc) is 3.02. The monoisotopic (exact) mass is 442 g/mol. The van der Waals surface area contributed by atoms with Gasteiger partial charge in [-0.25, -0.2) is 0 Å². The van der Waals surface area contributed by atoms with Crippen LogP contribution >= 0.6 is 0 Å². The van der Waals surface area contributed by atoms with Crippen molar-refractivity contribution in [2.24, 2.45) is 57.7 Å². The van der Waals surface area contributed by atoms with Crippen molar-refractivity contribution < 1.29 is 5.11 Å². The van der Waals surface area contributed by atoms with Crippen molar-refractivity contribution in [3.8, 4) is 0 Å². The van der Waals surface area contributed by atoms with Gasteiger partial charge in [-0.3, -0.25) is 0 Å². The number of fused-ring (bicyclic) bond motifs is 5. The molecule has 4 aliphatic rings. The van der Waals surface area contributed by atoms with Crippen LogP contribution in [-0.4, -0.2) is 11.2 Å². The zero-order chi connectivity index (χ0) is 23.5. The van der Waals surface area contributed by atoms with Crippen molar-refractivity contribution in [3.05, 3.63) is 12.2 Å². The predicted octanol–water partition coefficient (Wildman–Crippen LogP) is 8.66. The van der Waals surface area contributed by atoms with Gasteiger partial charge in [0.15, 0.2) is 0 Å². The molecule has 0 aromatic carbocycles. The van der Waals surface area contributed by atoms with E-state index in [-0.39, 0.29) is 6.10 Å². The SMILES string of the molecule is C=C(C)C(CC)CC[C@@H](C)[C@H]1CC[C@@]2(C)[C@@H]3CC[C@H]4[C@H](C)[C@@H](O)CC[C@]4(C)[C@H]3CC[C@]12C. The summed E-state index contributed by atoms with van der Waals surface area (Å²) in [5.41, 5.74) is 2.88. The van der Waals surface area contributed by atoms with Gasteiger partial charge >= 0.3 is 0 Å². The van der Waals surface area contributed by atoms with Crippen molar-refractivity contribution in [1.82, 2.24) is 0 Å². The molecule has 0 heterocycles. The number of rotatable bonds is 6. The third kappa shape index (κ3) is 3.58. The Morgan fingerprint density at radius 2 is 1.56 bits per heavy atom. The molecule has 0 radical (unpaired) electrons. The predicted molar refractivity (Wildman–Crippen MR) is 137 cm³/mol. The first-order valence-corrected chi connectivity index (χ1v) is 14.3. The first kappa shape index (κ1) is 24.8. The standard InChI is InChI=1S/C31H54O/c1-9-23(20(2)3)11-10-21(4)24-14-18-31(8)27-13-12-25-22(5)28(32)16-17-29(25,6)26(27)15-19-30(24,31)7/h21-28,32H,2,9-19H2,1,3-8H3/t21-,22+,23?,24-,25+,26+,27-,28+,29+,30-,31+/m1/s1. The van der Waals surface area contributed by atoms with E-state index in [1.54, 1.807) is 0 Å². The Bertz CT molecular complexity index is 697. The fourth-order valence-corrected chi connectivity index (χ4v) is 10.5. The number of hydrogen-bond acceptors (Lipinski definition) is 1. The van der Waals surface area contributed by atoms with E-state index in [1.165, 1.54) is 69.8 Å². The van der Waals surface area contributed by atoms with E-state index >= 15 is 0 Å². The molecule has 0 bridgehead atoms. The van der Waals surface area contributed by atoms with Crippen molar-refractivity contribution in [2.75, 3.05) is 0 Å². The molecule has 1 unspecified atom stereocenters. The van der Waals surface area contributed by atoms with Gasteiger partial charge in [0, 0.05) is 0 Å². The van der Waals surface area contributed by atoms with E-state index in [0.29, 0.717) is 28.1 Å². The van der Waals surface area contributed by atoms with E-state index in [0.717, 1.165) is 36.0 Å². The molecule has 0 aliphatic heterocycles. The second-order valence-corrected chi connectivity index (χ2v) is 13.9. The summed E-state index contributed by atoms with van der Waals surface area (Å²) in [6, 6.07) is 0. The fraction of sp³-hybridized carbons (Fsp3) is 0.935. The summed E-state index contributed by atoms with van der Waals surface area (Å²) in [5, 5.41) is 10.6. The van der Waals surface area contributed by atoms with Crippen LogP contribution in [0, 0.1) is 57.7 Å². The summed E-state index contributed by atoms with van der Waals surface area (Å²) < 4.78 is 0. The summed E-state index contributed by atoms with van der Waals surface area (Å²) in [5.74, 6) is 5.47. The average molecular weight is 443 g/mol. The maximum atomic E-state index is 10.6. The highest BCUT2D eigenvalue weighted by Crippen LogP contribution is 2.73. The molecule has 11 atom stereocenters. The zero-order valence-electron chi connectivity index (χ0n) is 22.6. The third-order valence-corrected chi connectivity index (χ3v) is 12.9. The molecule has 1 heteroatoms. The van der Waals surface area contributed by atoms with Gasteiger partial charge in [-0.1, -0.05) is 53.7 Å². The van der Waals surface area contributed by atoms with Gasteiger partial charge in [0.05, 0.1) is 6.10 Å². The van der Waals surface area contributed by atoms with Crippen LogP contribution in [0.4, 0.5) is 0 Å². The van der Waals surface area contributed by atoms with Gasteiger partial charge < -0.3 is 5.11 Å². The summed E-state index contributed by atoms with van der Waals surface area (Å²) in [6.07, 6.45) is 14.8. The topological polar surface area (TPSA) is 20.2 Å². The van der Waals surface area contributed by atoms with Gasteiger partial charge in [-0.15, -0.1) is 0 Å². The molecule has 0 amide bonds. The van der Waals surface area contributed by atoms with Gasteiger partial charge in [0.1, 0.15) is 0 Å². The zero-order valence-corrected chi connectivity index (χ0v) is 22.6. The van der Waals surface area contributed by atoms with Crippen LogP contribution < -0.4 is 0 Å². The number of aliphatic hydroxyl groups is 1. The molecule has 1 N–H and O–H groups in total. The minimum Gasteiger partial charge on any atom is -0.393 e. The first-order valence-electron chi connectivity index (χ1n) is 14.3. The van der Waals surface area contributed by atoms with Gasteiger partial charge in [0.25, 0.3) is 0 Å². The van der Waals surface area contributed by atoms with Crippen molar-refractivity contribution >= 4 is 0 Å². The number of allylic oxidation sites excluding steroid dienone is 1. The molecular formula is C31H54O.